The normalized spacial score (nSPS) is 11.8. The van der Waals surface area contributed by atoms with Gasteiger partial charge in [-0.1, -0.05) is 52.3 Å². The maximum absolute atomic E-state index is 13.3. The van der Waals surface area contributed by atoms with Crippen LogP contribution in [0.15, 0.2) is 77.7 Å². The highest BCUT2D eigenvalue weighted by molar-refractivity contribution is 9.10. The summed E-state index contributed by atoms with van der Waals surface area (Å²) in [5, 5.41) is 21.1. The molecule has 10 heteroatoms. The maximum atomic E-state index is 13.3. The predicted molar refractivity (Wildman–Crippen MR) is 115 cm³/mol. The van der Waals surface area contributed by atoms with Crippen molar-refractivity contribution >= 4 is 21.6 Å². The maximum Gasteiger partial charge on any atom is 0.295 e. The highest BCUT2D eigenvalue weighted by Crippen LogP contribution is 2.29. The summed E-state index contributed by atoms with van der Waals surface area (Å²) in [4.78, 5) is 4.22. The van der Waals surface area contributed by atoms with Crippen molar-refractivity contribution in [3.8, 4) is 11.1 Å². The summed E-state index contributed by atoms with van der Waals surface area (Å²) in [6.07, 6.45) is 5.08. The van der Waals surface area contributed by atoms with Crippen LogP contribution in [0.5, 0.6) is 0 Å². The Morgan fingerprint density at radius 2 is 1.31 bits per heavy atom. The van der Waals surface area contributed by atoms with E-state index < -0.39 is 25.1 Å². The zero-order valence-electron chi connectivity index (χ0n) is 16.5. The summed E-state index contributed by atoms with van der Waals surface area (Å²) in [7, 11) is 0. The van der Waals surface area contributed by atoms with Gasteiger partial charge in [0.05, 0.1) is 6.20 Å². The van der Waals surface area contributed by atoms with Crippen molar-refractivity contribution in [1.29, 1.82) is 0 Å². The molecule has 0 radical (unpaired) electrons. The number of aliphatic hydroxyl groups is 2. The zero-order valence-corrected chi connectivity index (χ0v) is 18.1. The minimum Gasteiger partial charge on any atom is -0.390 e. The van der Waals surface area contributed by atoms with Gasteiger partial charge in [0.2, 0.25) is 0 Å². The van der Waals surface area contributed by atoms with Gasteiger partial charge in [0.15, 0.2) is 5.65 Å². The van der Waals surface area contributed by atoms with Crippen molar-refractivity contribution in [2.45, 2.75) is 11.8 Å². The Hall–Kier alpha value is -2.82. The SMILES string of the molecule is OCC(F)(F)c1ccc(-c2cnc3ccnn3c2)cc1.OCC(F)(F)c1ccc(Br)cc1. The Bertz CT molecular complexity index is 1170. The number of fused-ring (bicyclic) bond motifs is 1. The molecule has 2 heterocycles. The molecule has 0 amide bonds. The summed E-state index contributed by atoms with van der Waals surface area (Å²) < 4.78 is 54.5. The Labute approximate surface area is 189 Å². The molecule has 2 aromatic carbocycles. The fraction of sp³-hybridized carbons (Fsp3) is 0.182. The molecule has 0 atom stereocenters. The summed E-state index contributed by atoms with van der Waals surface area (Å²) >= 11 is 3.13. The molecule has 0 spiro atoms. The first-order valence-corrected chi connectivity index (χ1v) is 10.1. The van der Waals surface area contributed by atoms with Crippen LogP contribution in [0.2, 0.25) is 0 Å². The van der Waals surface area contributed by atoms with Gasteiger partial charge in [-0.3, -0.25) is 0 Å². The molecule has 0 aliphatic rings. The van der Waals surface area contributed by atoms with Crippen molar-refractivity contribution < 1.29 is 27.8 Å². The van der Waals surface area contributed by atoms with E-state index in [0.29, 0.717) is 0 Å². The van der Waals surface area contributed by atoms with Gasteiger partial charge in [0.25, 0.3) is 11.8 Å². The van der Waals surface area contributed by atoms with Crippen LogP contribution < -0.4 is 0 Å². The molecule has 0 aliphatic heterocycles. The Balaban J connectivity index is 0.000000207. The number of halogens is 5. The Morgan fingerprint density at radius 1 is 0.781 bits per heavy atom. The molecular formula is C22H18BrF4N3O2. The molecule has 0 fully saturated rings. The second kappa shape index (κ2) is 9.76. The lowest BCUT2D eigenvalue weighted by atomic mass is 10.0. The summed E-state index contributed by atoms with van der Waals surface area (Å²) in [6.45, 7) is -2.36. The molecule has 0 saturated heterocycles. The molecule has 0 unspecified atom stereocenters. The van der Waals surface area contributed by atoms with Crippen molar-refractivity contribution in [3.63, 3.8) is 0 Å². The molecule has 4 rings (SSSR count). The van der Waals surface area contributed by atoms with E-state index in [-0.39, 0.29) is 11.1 Å². The Morgan fingerprint density at radius 3 is 1.84 bits per heavy atom. The fourth-order valence-electron chi connectivity index (χ4n) is 2.74. The third kappa shape index (κ3) is 5.50. The minimum absolute atomic E-state index is 0.173. The lowest BCUT2D eigenvalue weighted by molar-refractivity contribution is -0.0558. The summed E-state index contributed by atoms with van der Waals surface area (Å²) in [5.41, 5.74) is 1.87. The average molecular weight is 512 g/mol. The molecular weight excluding hydrogens is 494 g/mol. The summed E-state index contributed by atoms with van der Waals surface area (Å²) in [6, 6.07) is 13.1. The highest BCUT2D eigenvalue weighted by atomic mass is 79.9. The van der Waals surface area contributed by atoms with Gasteiger partial charge in [0.1, 0.15) is 13.2 Å². The quantitative estimate of drug-likeness (QED) is 0.369. The second-order valence-electron chi connectivity index (χ2n) is 6.79. The van der Waals surface area contributed by atoms with Crippen LogP contribution in [0.4, 0.5) is 17.6 Å². The summed E-state index contributed by atoms with van der Waals surface area (Å²) in [5.74, 6) is -6.36. The van der Waals surface area contributed by atoms with Gasteiger partial charge in [0, 0.05) is 39.6 Å². The number of nitrogens with zero attached hydrogens (tertiary/aromatic N) is 3. The van der Waals surface area contributed by atoms with E-state index in [9.17, 15) is 17.6 Å². The monoisotopic (exact) mass is 511 g/mol. The lowest BCUT2D eigenvalue weighted by Gasteiger charge is -2.13. The van der Waals surface area contributed by atoms with Gasteiger partial charge >= 0.3 is 0 Å². The van der Waals surface area contributed by atoms with Crippen molar-refractivity contribution in [1.82, 2.24) is 14.6 Å². The van der Waals surface area contributed by atoms with Crippen LogP contribution in [0.25, 0.3) is 16.8 Å². The number of rotatable bonds is 5. The second-order valence-corrected chi connectivity index (χ2v) is 7.70. The molecule has 0 aliphatic carbocycles. The minimum atomic E-state index is -3.22. The zero-order chi connectivity index (χ0) is 23.4. The lowest BCUT2D eigenvalue weighted by Crippen LogP contribution is -2.18. The van der Waals surface area contributed by atoms with Gasteiger partial charge < -0.3 is 10.2 Å². The first-order chi connectivity index (χ1) is 15.2. The van der Waals surface area contributed by atoms with Crippen LogP contribution in [0, 0.1) is 0 Å². The number of hydrogen-bond acceptors (Lipinski definition) is 4. The van der Waals surface area contributed by atoms with E-state index in [1.54, 1.807) is 41.3 Å². The van der Waals surface area contributed by atoms with Gasteiger partial charge in [-0.25, -0.2) is 9.50 Å². The number of benzene rings is 2. The smallest absolute Gasteiger partial charge is 0.295 e. The van der Waals surface area contributed by atoms with Crippen LogP contribution >= 0.6 is 15.9 Å². The Kier molecular flexibility index (Phi) is 7.27. The fourth-order valence-corrected chi connectivity index (χ4v) is 3.01. The third-order valence-corrected chi connectivity index (χ3v) is 5.08. The highest BCUT2D eigenvalue weighted by Gasteiger charge is 2.30. The van der Waals surface area contributed by atoms with Crippen LogP contribution in [0.1, 0.15) is 11.1 Å². The van der Waals surface area contributed by atoms with Crippen LogP contribution in [-0.4, -0.2) is 38.0 Å². The van der Waals surface area contributed by atoms with E-state index in [1.165, 1.54) is 36.4 Å². The van der Waals surface area contributed by atoms with Crippen LogP contribution in [0.3, 0.4) is 0 Å². The van der Waals surface area contributed by atoms with Gasteiger partial charge in [-0.2, -0.15) is 22.7 Å². The molecule has 4 aromatic rings. The van der Waals surface area contributed by atoms with E-state index in [0.717, 1.165) is 21.2 Å². The van der Waals surface area contributed by atoms with Crippen LogP contribution in [-0.2, 0) is 11.8 Å². The number of alkyl halides is 4. The van der Waals surface area contributed by atoms with Gasteiger partial charge in [-0.05, 0) is 17.7 Å². The number of hydrogen-bond donors (Lipinski definition) is 2. The average Bonchev–Trinajstić information content (AvgIpc) is 3.28. The molecule has 2 N–H and O–H groups in total. The number of aliphatic hydroxyl groups excluding tert-OH is 2. The molecule has 0 bridgehead atoms. The van der Waals surface area contributed by atoms with Gasteiger partial charge in [-0.15, -0.1) is 0 Å². The van der Waals surface area contributed by atoms with Crippen molar-refractivity contribution in [2.75, 3.05) is 13.2 Å². The first-order valence-electron chi connectivity index (χ1n) is 9.30. The van der Waals surface area contributed by atoms with Crippen molar-refractivity contribution in [3.05, 3.63) is 88.8 Å². The largest absolute Gasteiger partial charge is 0.390 e. The standard InChI is InChI=1S/C14H11F2N3O.C8H7BrF2O/c15-14(16,9-20)12-3-1-10(2-4-12)11-7-17-13-5-6-18-19(13)8-11;9-7-3-1-6(2-4-7)8(10,11)5-12/h1-8,20H,9H2;1-4,12H,5H2. The van der Waals surface area contributed by atoms with E-state index in [4.69, 9.17) is 10.2 Å². The molecule has 2 aromatic heterocycles. The van der Waals surface area contributed by atoms with E-state index in [1.807, 2.05) is 0 Å². The topological polar surface area (TPSA) is 70.7 Å². The predicted octanol–water partition coefficient (Wildman–Crippen LogP) is 5.01. The van der Waals surface area contributed by atoms with E-state index in [2.05, 4.69) is 26.0 Å². The van der Waals surface area contributed by atoms with E-state index >= 15 is 0 Å². The molecule has 0 saturated carbocycles. The third-order valence-electron chi connectivity index (χ3n) is 4.55. The number of aromatic nitrogens is 3. The first kappa shape index (κ1) is 23.8. The molecule has 32 heavy (non-hydrogen) atoms. The molecule has 5 nitrogen and oxygen atoms in total. The molecule has 168 valence electrons. The van der Waals surface area contributed by atoms with Crippen molar-refractivity contribution in [2.24, 2.45) is 0 Å².